The van der Waals surface area contributed by atoms with Crippen molar-refractivity contribution < 1.29 is 4.74 Å². The van der Waals surface area contributed by atoms with E-state index in [0.717, 1.165) is 5.56 Å². The number of nitrogens with one attached hydrogen (secondary N) is 1. The maximum absolute atomic E-state index is 11.4. The van der Waals surface area contributed by atoms with Gasteiger partial charge in [-0.25, -0.2) is 4.98 Å². The lowest BCUT2D eigenvalue weighted by molar-refractivity contribution is 0.181. The Bertz CT molecular complexity index is 537. The van der Waals surface area contributed by atoms with E-state index in [2.05, 4.69) is 15.0 Å². The number of hydrogen-bond donors (Lipinski definition) is 1. The summed E-state index contributed by atoms with van der Waals surface area (Å²) in [6.07, 6.45) is 4.01. The molecule has 88 valence electrons. The lowest BCUT2D eigenvalue weighted by Crippen LogP contribution is -2.13. The van der Waals surface area contributed by atoms with Crippen LogP contribution in [-0.4, -0.2) is 22.1 Å². The van der Waals surface area contributed by atoms with Crippen molar-refractivity contribution in [3.63, 3.8) is 0 Å². The third-order valence-corrected chi connectivity index (χ3v) is 2.26. The molecule has 5 nitrogen and oxygen atoms in total. The van der Waals surface area contributed by atoms with E-state index in [4.69, 9.17) is 4.74 Å². The second kappa shape index (κ2) is 5.36. The fourth-order valence-electron chi connectivity index (χ4n) is 1.56. The monoisotopic (exact) mass is 231 g/mol. The summed E-state index contributed by atoms with van der Waals surface area (Å²) < 4.78 is 4.96. The molecule has 0 unspecified atom stereocenters. The predicted molar refractivity (Wildman–Crippen MR) is 62.6 cm³/mol. The van der Waals surface area contributed by atoms with Crippen LogP contribution >= 0.6 is 0 Å². The highest BCUT2D eigenvalue weighted by Crippen LogP contribution is 2.03. The Morgan fingerprint density at radius 1 is 1.35 bits per heavy atom. The minimum absolute atomic E-state index is 0.156. The predicted octanol–water partition coefficient (Wildman–Crippen LogP) is 0.902. The number of aromatic amines is 1. The van der Waals surface area contributed by atoms with E-state index in [1.54, 1.807) is 19.5 Å². The highest BCUT2D eigenvalue weighted by Gasteiger charge is 2.02. The SMILES string of the molecule is COCc1cc(=O)[nH]c(Cc2ccncc2)n1. The summed E-state index contributed by atoms with van der Waals surface area (Å²) in [6.45, 7) is 0.341. The zero-order valence-electron chi connectivity index (χ0n) is 9.51. The van der Waals surface area contributed by atoms with Gasteiger partial charge in [-0.3, -0.25) is 9.78 Å². The molecule has 0 atom stereocenters. The third-order valence-electron chi connectivity index (χ3n) is 2.26. The molecule has 0 fully saturated rings. The second-order valence-electron chi connectivity index (χ2n) is 3.65. The topological polar surface area (TPSA) is 67.9 Å². The van der Waals surface area contributed by atoms with Crippen molar-refractivity contribution in [2.75, 3.05) is 7.11 Å². The van der Waals surface area contributed by atoms with Crippen molar-refractivity contribution in [2.24, 2.45) is 0 Å². The molecule has 0 amide bonds. The van der Waals surface area contributed by atoms with Gasteiger partial charge in [0.15, 0.2) is 0 Å². The Hall–Kier alpha value is -2.01. The van der Waals surface area contributed by atoms with Gasteiger partial charge in [0, 0.05) is 32.0 Å². The van der Waals surface area contributed by atoms with Gasteiger partial charge in [-0.05, 0) is 17.7 Å². The summed E-state index contributed by atoms with van der Waals surface area (Å²) >= 11 is 0. The first-order valence-electron chi connectivity index (χ1n) is 5.25. The summed E-state index contributed by atoms with van der Waals surface area (Å²) in [4.78, 5) is 22.4. The molecule has 0 aliphatic carbocycles. The van der Waals surface area contributed by atoms with Crippen molar-refractivity contribution >= 4 is 0 Å². The fraction of sp³-hybridized carbons (Fsp3) is 0.250. The van der Waals surface area contributed by atoms with Crippen LogP contribution in [0.4, 0.5) is 0 Å². The molecule has 2 aromatic rings. The summed E-state index contributed by atoms with van der Waals surface area (Å²) in [5, 5.41) is 0. The maximum atomic E-state index is 11.4. The number of aromatic nitrogens is 3. The van der Waals surface area contributed by atoms with Crippen LogP contribution in [0.2, 0.25) is 0 Å². The molecular formula is C12H13N3O2. The fourth-order valence-corrected chi connectivity index (χ4v) is 1.56. The minimum Gasteiger partial charge on any atom is -0.378 e. The first kappa shape index (κ1) is 11.5. The average molecular weight is 231 g/mol. The largest absolute Gasteiger partial charge is 0.378 e. The Morgan fingerprint density at radius 2 is 2.12 bits per heavy atom. The molecular weight excluding hydrogens is 218 g/mol. The van der Waals surface area contributed by atoms with Crippen molar-refractivity contribution in [3.05, 3.63) is 58.0 Å². The number of nitrogens with zero attached hydrogens (tertiary/aromatic N) is 2. The van der Waals surface area contributed by atoms with Crippen LogP contribution < -0.4 is 5.56 Å². The number of ether oxygens (including phenoxy) is 1. The van der Waals surface area contributed by atoms with E-state index in [-0.39, 0.29) is 5.56 Å². The molecule has 0 spiro atoms. The molecule has 5 heteroatoms. The van der Waals surface area contributed by atoms with Crippen LogP contribution in [0.5, 0.6) is 0 Å². The zero-order valence-corrected chi connectivity index (χ0v) is 9.51. The molecule has 2 rings (SSSR count). The summed E-state index contributed by atoms with van der Waals surface area (Å²) in [6, 6.07) is 5.23. The molecule has 2 aromatic heterocycles. The Balaban J connectivity index is 2.24. The smallest absolute Gasteiger partial charge is 0.251 e. The first-order valence-corrected chi connectivity index (χ1v) is 5.25. The van der Waals surface area contributed by atoms with Crippen LogP contribution in [0.15, 0.2) is 35.4 Å². The van der Waals surface area contributed by atoms with Crippen LogP contribution in [0.1, 0.15) is 17.1 Å². The maximum Gasteiger partial charge on any atom is 0.251 e. The molecule has 0 bridgehead atoms. The van der Waals surface area contributed by atoms with Crippen molar-refractivity contribution in [1.82, 2.24) is 15.0 Å². The molecule has 0 radical (unpaired) electrons. The summed E-state index contributed by atoms with van der Waals surface area (Å²) in [7, 11) is 1.57. The van der Waals surface area contributed by atoms with Crippen LogP contribution in [0.25, 0.3) is 0 Å². The Morgan fingerprint density at radius 3 is 2.82 bits per heavy atom. The van der Waals surface area contributed by atoms with Crippen LogP contribution in [-0.2, 0) is 17.8 Å². The van der Waals surface area contributed by atoms with Gasteiger partial charge in [-0.2, -0.15) is 0 Å². The average Bonchev–Trinajstić information content (AvgIpc) is 2.30. The molecule has 1 N–H and O–H groups in total. The highest BCUT2D eigenvalue weighted by molar-refractivity contribution is 5.16. The van der Waals surface area contributed by atoms with E-state index in [9.17, 15) is 4.79 Å². The first-order chi connectivity index (χ1) is 8.28. The number of H-pyrrole nitrogens is 1. The number of hydrogen-bond acceptors (Lipinski definition) is 4. The van der Waals surface area contributed by atoms with E-state index in [1.807, 2.05) is 12.1 Å². The quantitative estimate of drug-likeness (QED) is 0.849. The van der Waals surface area contributed by atoms with E-state index in [1.165, 1.54) is 6.07 Å². The Kier molecular flexibility index (Phi) is 3.62. The van der Waals surface area contributed by atoms with E-state index < -0.39 is 0 Å². The Labute approximate surface area is 98.5 Å². The third kappa shape index (κ3) is 3.22. The standard InChI is InChI=1S/C12H13N3O2/c1-17-8-10-7-12(16)15-11(14-10)6-9-2-4-13-5-3-9/h2-5,7H,6,8H2,1H3,(H,14,15,16). The molecule has 17 heavy (non-hydrogen) atoms. The lowest BCUT2D eigenvalue weighted by atomic mass is 10.2. The number of methoxy groups -OCH3 is 1. The van der Waals surface area contributed by atoms with Gasteiger partial charge in [-0.15, -0.1) is 0 Å². The highest BCUT2D eigenvalue weighted by atomic mass is 16.5. The molecule has 0 saturated heterocycles. The lowest BCUT2D eigenvalue weighted by Gasteiger charge is -2.03. The van der Waals surface area contributed by atoms with Crippen LogP contribution in [0, 0.1) is 0 Å². The second-order valence-corrected chi connectivity index (χ2v) is 3.65. The van der Waals surface area contributed by atoms with Gasteiger partial charge in [0.1, 0.15) is 5.82 Å². The molecule has 0 aromatic carbocycles. The van der Waals surface area contributed by atoms with Crippen molar-refractivity contribution in [2.45, 2.75) is 13.0 Å². The van der Waals surface area contributed by atoms with Gasteiger partial charge in [0.2, 0.25) is 0 Å². The molecule has 0 aliphatic heterocycles. The van der Waals surface area contributed by atoms with Gasteiger partial charge >= 0.3 is 0 Å². The van der Waals surface area contributed by atoms with E-state index >= 15 is 0 Å². The zero-order chi connectivity index (χ0) is 12.1. The minimum atomic E-state index is -0.156. The van der Waals surface area contributed by atoms with Gasteiger partial charge in [0.05, 0.1) is 12.3 Å². The summed E-state index contributed by atoms with van der Waals surface area (Å²) in [5.41, 5.74) is 1.54. The molecule has 0 aliphatic rings. The number of pyridine rings is 1. The molecule has 2 heterocycles. The van der Waals surface area contributed by atoms with Gasteiger partial charge < -0.3 is 9.72 Å². The van der Waals surface area contributed by atoms with Gasteiger partial charge in [0.25, 0.3) is 5.56 Å². The number of rotatable bonds is 4. The summed E-state index contributed by atoms with van der Waals surface area (Å²) in [5.74, 6) is 0.635. The normalized spacial score (nSPS) is 10.4. The van der Waals surface area contributed by atoms with Crippen molar-refractivity contribution in [3.8, 4) is 0 Å². The van der Waals surface area contributed by atoms with Crippen molar-refractivity contribution in [1.29, 1.82) is 0 Å². The van der Waals surface area contributed by atoms with Crippen LogP contribution in [0.3, 0.4) is 0 Å². The molecule has 0 saturated carbocycles. The van der Waals surface area contributed by atoms with Gasteiger partial charge in [-0.1, -0.05) is 0 Å². The van der Waals surface area contributed by atoms with E-state index in [0.29, 0.717) is 24.5 Å².